The summed E-state index contributed by atoms with van der Waals surface area (Å²) in [6, 6.07) is 10.2. The molecule has 0 aliphatic heterocycles. The van der Waals surface area contributed by atoms with Gasteiger partial charge >= 0.3 is 0 Å². The number of aromatic nitrogens is 2. The third kappa shape index (κ3) is 2.07. The lowest BCUT2D eigenvalue weighted by atomic mass is 10.1. The Labute approximate surface area is 98.6 Å². The number of rotatable bonds is 4. The highest BCUT2D eigenvalue weighted by molar-refractivity contribution is 5.82. The molecule has 0 atom stereocenters. The Morgan fingerprint density at radius 2 is 2.18 bits per heavy atom. The van der Waals surface area contributed by atoms with E-state index in [0.29, 0.717) is 6.54 Å². The van der Waals surface area contributed by atoms with E-state index in [1.807, 2.05) is 12.3 Å². The highest BCUT2D eigenvalue weighted by atomic mass is 16.5. The molecule has 0 amide bonds. The number of hydrogen-bond donors (Lipinski definition) is 2. The van der Waals surface area contributed by atoms with Crippen molar-refractivity contribution < 1.29 is 4.52 Å². The van der Waals surface area contributed by atoms with E-state index in [4.69, 9.17) is 4.52 Å². The molecule has 4 nitrogen and oxygen atoms in total. The van der Waals surface area contributed by atoms with Crippen LogP contribution in [-0.4, -0.2) is 10.1 Å². The van der Waals surface area contributed by atoms with Gasteiger partial charge in [-0.05, 0) is 17.0 Å². The van der Waals surface area contributed by atoms with Gasteiger partial charge < -0.3 is 14.8 Å². The minimum absolute atomic E-state index is 0.716. The average Bonchev–Trinajstić information content (AvgIpc) is 2.99. The SMILES string of the molecule is c1cc(CNCc2ccon2)c2[nH]ccc2c1. The smallest absolute Gasteiger partial charge is 0.124 e. The molecule has 0 spiro atoms. The summed E-state index contributed by atoms with van der Waals surface area (Å²) in [5, 5.41) is 8.44. The second kappa shape index (κ2) is 4.43. The van der Waals surface area contributed by atoms with Gasteiger partial charge in [-0.3, -0.25) is 0 Å². The Kier molecular flexibility index (Phi) is 2.63. The maximum absolute atomic E-state index is 4.78. The lowest BCUT2D eigenvalue weighted by molar-refractivity contribution is 0.408. The van der Waals surface area contributed by atoms with Crippen LogP contribution in [0.25, 0.3) is 10.9 Å². The van der Waals surface area contributed by atoms with Gasteiger partial charge in [-0.15, -0.1) is 0 Å². The van der Waals surface area contributed by atoms with E-state index in [1.165, 1.54) is 16.5 Å². The van der Waals surface area contributed by atoms with E-state index in [2.05, 4.69) is 39.7 Å². The molecule has 4 heteroatoms. The molecule has 0 radical (unpaired) electrons. The molecule has 0 fully saturated rings. The molecule has 3 aromatic rings. The molecule has 2 N–H and O–H groups in total. The van der Waals surface area contributed by atoms with Crippen molar-refractivity contribution >= 4 is 10.9 Å². The number of fused-ring (bicyclic) bond motifs is 1. The number of hydrogen-bond acceptors (Lipinski definition) is 3. The second-order valence-corrected chi connectivity index (χ2v) is 3.95. The molecular formula is C13H13N3O. The fraction of sp³-hybridized carbons (Fsp3) is 0.154. The Balaban J connectivity index is 1.70. The first-order chi connectivity index (χ1) is 8.43. The third-order valence-electron chi connectivity index (χ3n) is 2.79. The Bertz CT molecular complexity index is 598. The van der Waals surface area contributed by atoms with E-state index >= 15 is 0 Å². The Hall–Kier alpha value is -2.07. The third-order valence-corrected chi connectivity index (χ3v) is 2.79. The Morgan fingerprint density at radius 1 is 1.18 bits per heavy atom. The van der Waals surface area contributed by atoms with Gasteiger partial charge in [-0.2, -0.15) is 0 Å². The summed E-state index contributed by atoms with van der Waals surface area (Å²) in [5.74, 6) is 0. The van der Waals surface area contributed by atoms with Crippen molar-refractivity contribution in [2.24, 2.45) is 0 Å². The number of benzene rings is 1. The lowest BCUT2D eigenvalue weighted by Crippen LogP contribution is -2.13. The fourth-order valence-electron chi connectivity index (χ4n) is 1.95. The van der Waals surface area contributed by atoms with Crippen LogP contribution in [-0.2, 0) is 13.1 Å². The normalized spacial score (nSPS) is 11.1. The summed E-state index contributed by atoms with van der Waals surface area (Å²) in [6.07, 6.45) is 3.55. The molecule has 0 aliphatic rings. The number of para-hydroxylation sites is 1. The van der Waals surface area contributed by atoms with E-state index in [-0.39, 0.29) is 0 Å². The van der Waals surface area contributed by atoms with Crippen molar-refractivity contribution in [3.8, 4) is 0 Å². The molecule has 2 heterocycles. The van der Waals surface area contributed by atoms with Crippen LogP contribution >= 0.6 is 0 Å². The zero-order valence-corrected chi connectivity index (χ0v) is 9.31. The maximum atomic E-state index is 4.78. The van der Waals surface area contributed by atoms with Crippen LogP contribution in [0.3, 0.4) is 0 Å². The lowest BCUT2D eigenvalue weighted by Gasteiger charge is -2.04. The number of nitrogens with one attached hydrogen (secondary N) is 2. The second-order valence-electron chi connectivity index (χ2n) is 3.95. The largest absolute Gasteiger partial charge is 0.364 e. The van der Waals surface area contributed by atoms with E-state index in [0.717, 1.165) is 12.2 Å². The molecule has 1 aromatic carbocycles. The molecule has 2 aromatic heterocycles. The minimum atomic E-state index is 0.716. The summed E-state index contributed by atoms with van der Waals surface area (Å²) in [7, 11) is 0. The summed E-state index contributed by atoms with van der Waals surface area (Å²) >= 11 is 0. The van der Waals surface area contributed by atoms with Gasteiger partial charge in [0.1, 0.15) is 6.26 Å². The van der Waals surface area contributed by atoms with Crippen LogP contribution in [0.5, 0.6) is 0 Å². The van der Waals surface area contributed by atoms with Crippen molar-refractivity contribution in [1.82, 2.24) is 15.5 Å². The van der Waals surface area contributed by atoms with Gasteiger partial charge in [0.15, 0.2) is 0 Å². The number of aromatic amines is 1. The highest BCUT2D eigenvalue weighted by Crippen LogP contribution is 2.16. The fourth-order valence-corrected chi connectivity index (χ4v) is 1.95. The zero-order valence-electron chi connectivity index (χ0n) is 9.31. The topological polar surface area (TPSA) is 53.9 Å². The monoisotopic (exact) mass is 227 g/mol. The van der Waals surface area contributed by atoms with Crippen LogP contribution in [0.15, 0.2) is 47.3 Å². The van der Waals surface area contributed by atoms with Crippen molar-refractivity contribution in [3.05, 3.63) is 54.0 Å². The molecule has 0 bridgehead atoms. The predicted molar refractivity (Wildman–Crippen MR) is 65.3 cm³/mol. The molecule has 0 saturated heterocycles. The van der Waals surface area contributed by atoms with Crippen molar-refractivity contribution in [3.63, 3.8) is 0 Å². The molecule has 0 aliphatic carbocycles. The molecule has 0 unspecified atom stereocenters. The summed E-state index contributed by atoms with van der Waals surface area (Å²) in [6.45, 7) is 1.53. The van der Waals surface area contributed by atoms with Crippen LogP contribution < -0.4 is 5.32 Å². The first-order valence-electron chi connectivity index (χ1n) is 5.58. The van der Waals surface area contributed by atoms with Crippen LogP contribution in [0.4, 0.5) is 0 Å². The van der Waals surface area contributed by atoms with Crippen molar-refractivity contribution in [2.45, 2.75) is 13.1 Å². The molecule has 3 rings (SSSR count). The van der Waals surface area contributed by atoms with Crippen LogP contribution in [0.2, 0.25) is 0 Å². The summed E-state index contributed by atoms with van der Waals surface area (Å²) in [4.78, 5) is 3.26. The van der Waals surface area contributed by atoms with Crippen molar-refractivity contribution in [2.75, 3.05) is 0 Å². The van der Waals surface area contributed by atoms with E-state index in [9.17, 15) is 0 Å². The van der Waals surface area contributed by atoms with Gasteiger partial charge in [-0.1, -0.05) is 23.4 Å². The first-order valence-corrected chi connectivity index (χ1v) is 5.58. The van der Waals surface area contributed by atoms with Crippen LogP contribution in [0.1, 0.15) is 11.3 Å². The molecule has 17 heavy (non-hydrogen) atoms. The predicted octanol–water partition coefficient (Wildman–Crippen LogP) is 2.45. The minimum Gasteiger partial charge on any atom is -0.364 e. The molecule has 0 saturated carbocycles. The van der Waals surface area contributed by atoms with Gasteiger partial charge in [0.2, 0.25) is 0 Å². The van der Waals surface area contributed by atoms with Gasteiger partial charge in [0.25, 0.3) is 0 Å². The first kappa shape index (κ1) is 10.1. The Morgan fingerprint density at radius 3 is 3.06 bits per heavy atom. The average molecular weight is 227 g/mol. The molecule has 86 valence electrons. The zero-order chi connectivity index (χ0) is 11.5. The van der Waals surface area contributed by atoms with Crippen molar-refractivity contribution in [1.29, 1.82) is 0 Å². The number of nitrogens with zero attached hydrogens (tertiary/aromatic N) is 1. The van der Waals surface area contributed by atoms with Gasteiger partial charge in [0, 0.05) is 30.9 Å². The van der Waals surface area contributed by atoms with E-state index < -0.39 is 0 Å². The summed E-state index contributed by atoms with van der Waals surface area (Å²) < 4.78 is 4.78. The van der Waals surface area contributed by atoms with E-state index in [1.54, 1.807) is 6.26 Å². The standard InChI is InChI=1S/C13H13N3O/c1-2-10-4-6-15-13(10)11(3-1)8-14-9-12-5-7-17-16-12/h1-7,14-15H,8-9H2. The van der Waals surface area contributed by atoms with Crippen LogP contribution in [0, 0.1) is 0 Å². The summed E-state index contributed by atoms with van der Waals surface area (Å²) in [5.41, 5.74) is 3.37. The maximum Gasteiger partial charge on any atom is 0.124 e. The highest BCUT2D eigenvalue weighted by Gasteiger charge is 2.01. The molecular weight excluding hydrogens is 214 g/mol. The van der Waals surface area contributed by atoms with Gasteiger partial charge in [0.05, 0.1) is 5.69 Å². The van der Waals surface area contributed by atoms with Gasteiger partial charge in [-0.25, -0.2) is 0 Å². The number of H-pyrrole nitrogens is 1. The quantitative estimate of drug-likeness (QED) is 0.719.